The smallest absolute Gasteiger partial charge is 0.405 e. The summed E-state index contributed by atoms with van der Waals surface area (Å²) in [5, 5.41) is 4.44. The van der Waals surface area contributed by atoms with E-state index in [4.69, 9.17) is 5.73 Å². The van der Waals surface area contributed by atoms with Crippen LogP contribution in [0.3, 0.4) is 0 Å². The molecule has 0 saturated carbocycles. The third-order valence-corrected chi connectivity index (χ3v) is 3.85. The molecule has 0 radical (unpaired) electrons. The van der Waals surface area contributed by atoms with E-state index in [1.54, 1.807) is 12.3 Å². The van der Waals surface area contributed by atoms with Crippen molar-refractivity contribution < 1.29 is 17.9 Å². The van der Waals surface area contributed by atoms with Gasteiger partial charge in [-0.05, 0) is 24.5 Å². The Hall–Kier alpha value is -2.08. The van der Waals surface area contributed by atoms with Crippen LogP contribution in [0.2, 0.25) is 0 Å². The number of halogens is 4. The predicted octanol–water partition coefficient (Wildman–Crippen LogP) is 3.15. The van der Waals surface area contributed by atoms with Crippen molar-refractivity contribution in [1.29, 1.82) is 0 Å². The van der Waals surface area contributed by atoms with Crippen molar-refractivity contribution in [3.05, 3.63) is 22.7 Å². The van der Waals surface area contributed by atoms with Crippen LogP contribution in [0.5, 0.6) is 5.75 Å². The van der Waals surface area contributed by atoms with Gasteiger partial charge in [-0.1, -0.05) is 27.7 Å². The quantitative estimate of drug-likeness (QED) is 0.650. The predicted molar refractivity (Wildman–Crippen MR) is 84.6 cm³/mol. The molecule has 0 spiro atoms. The minimum Gasteiger partial charge on any atom is -0.405 e. The first-order chi connectivity index (χ1) is 11.3. The molecule has 24 heavy (non-hydrogen) atoms. The molecule has 3 aromatic rings. The number of rotatable bonds is 3. The van der Waals surface area contributed by atoms with Crippen LogP contribution in [-0.4, -0.2) is 37.2 Å². The van der Waals surface area contributed by atoms with Crippen LogP contribution in [0.25, 0.3) is 17.2 Å². The number of thioether (sulfide) groups is 1. The number of benzene rings is 1. The molecule has 0 aliphatic heterocycles. The van der Waals surface area contributed by atoms with Crippen LogP contribution in [0.4, 0.5) is 19.1 Å². The van der Waals surface area contributed by atoms with E-state index in [0.717, 1.165) is 4.52 Å². The minimum atomic E-state index is -4.85. The maximum atomic E-state index is 12.6. The first-order valence-corrected chi connectivity index (χ1v) is 8.28. The zero-order valence-corrected chi connectivity index (χ0v) is 14.3. The van der Waals surface area contributed by atoms with Crippen LogP contribution in [0.15, 0.2) is 27.8 Å². The lowest BCUT2D eigenvalue weighted by molar-refractivity contribution is -0.274. The van der Waals surface area contributed by atoms with Gasteiger partial charge >= 0.3 is 6.36 Å². The SMILES string of the molecule is CSc1nc(N)n2nc(-c3ccc(Br)cc3OC(F)(F)F)nc2n1. The highest BCUT2D eigenvalue weighted by molar-refractivity contribution is 9.10. The van der Waals surface area contributed by atoms with E-state index in [1.807, 2.05) is 0 Å². The monoisotopic (exact) mass is 420 g/mol. The highest BCUT2D eigenvalue weighted by Gasteiger charge is 2.33. The number of fused-ring (bicyclic) bond motifs is 1. The Morgan fingerprint density at radius 3 is 2.67 bits per heavy atom. The number of nitrogens with two attached hydrogens (primary N) is 1. The second-order valence-electron chi connectivity index (χ2n) is 4.40. The first kappa shape index (κ1) is 16.8. The zero-order valence-electron chi connectivity index (χ0n) is 11.9. The van der Waals surface area contributed by atoms with Crippen molar-refractivity contribution in [3.8, 4) is 17.1 Å². The fourth-order valence-electron chi connectivity index (χ4n) is 1.88. The molecule has 2 heterocycles. The Labute approximate surface area is 145 Å². The molecule has 0 aliphatic rings. The summed E-state index contributed by atoms with van der Waals surface area (Å²) in [6.07, 6.45) is -3.09. The van der Waals surface area contributed by atoms with Gasteiger partial charge < -0.3 is 10.5 Å². The molecule has 0 atom stereocenters. The van der Waals surface area contributed by atoms with E-state index in [9.17, 15) is 13.2 Å². The van der Waals surface area contributed by atoms with Crippen molar-refractivity contribution >= 4 is 39.4 Å². The number of hydrogen-bond donors (Lipinski definition) is 1. The summed E-state index contributed by atoms with van der Waals surface area (Å²) in [5.41, 5.74) is 5.81. The molecular formula is C12H8BrF3N6OS. The summed E-state index contributed by atoms with van der Waals surface area (Å²) in [7, 11) is 0. The van der Waals surface area contributed by atoms with E-state index in [-0.39, 0.29) is 23.1 Å². The summed E-state index contributed by atoms with van der Waals surface area (Å²) in [4.78, 5) is 12.2. The number of aromatic nitrogens is 5. The van der Waals surface area contributed by atoms with E-state index < -0.39 is 12.1 Å². The minimum absolute atomic E-state index is 0.0130. The summed E-state index contributed by atoms with van der Waals surface area (Å²) < 4.78 is 43.4. The van der Waals surface area contributed by atoms with Crippen molar-refractivity contribution in [2.45, 2.75) is 11.5 Å². The second-order valence-corrected chi connectivity index (χ2v) is 6.09. The maximum absolute atomic E-state index is 12.6. The number of hydrogen-bond acceptors (Lipinski definition) is 7. The van der Waals surface area contributed by atoms with Gasteiger partial charge in [-0.25, -0.2) is 0 Å². The van der Waals surface area contributed by atoms with Gasteiger partial charge in [0.25, 0.3) is 5.78 Å². The maximum Gasteiger partial charge on any atom is 0.573 e. The first-order valence-electron chi connectivity index (χ1n) is 6.27. The van der Waals surface area contributed by atoms with Gasteiger partial charge in [0.05, 0.1) is 5.56 Å². The Kier molecular flexibility index (Phi) is 4.25. The molecular weight excluding hydrogens is 413 g/mol. The Bertz CT molecular complexity index is 916. The third kappa shape index (κ3) is 3.38. The van der Waals surface area contributed by atoms with Crippen LogP contribution in [0.1, 0.15) is 0 Å². The number of alkyl halides is 3. The highest BCUT2D eigenvalue weighted by atomic mass is 79.9. The molecule has 0 bridgehead atoms. The van der Waals surface area contributed by atoms with Gasteiger partial charge in [0.2, 0.25) is 5.95 Å². The average Bonchev–Trinajstić information content (AvgIpc) is 2.89. The Balaban J connectivity index is 2.15. The molecule has 3 rings (SSSR count). The van der Waals surface area contributed by atoms with Crippen LogP contribution in [0, 0.1) is 0 Å². The lowest BCUT2D eigenvalue weighted by atomic mass is 10.2. The van der Waals surface area contributed by atoms with Gasteiger partial charge in [0.15, 0.2) is 11.0 Å². The summed E-state index contributed by atoms with van der Waals surface area (Å²) in [5.74, 6) is -0.299. The molecule has 1 aromatic carbocycles. The van der Waals surface area contributed by atoms with Gasteiger partial charge in [0, 0.05) is 4.47 Å². The number of ether oxygens (including phenoxy) is 1. The normalized spacial score (nSPS) is 11.9. The summed E-state index contributed by atoms with van der Waals surface area (Å²) in [6.45, 7) is 0. The molecule has 2 aromatic heterocycles. The van der Waals surface area contributed by atoms with Gasteiger partial charge in [-0.15, -0.1) is 18.3 Å². The standard InChI is InChI=1S/C12H8BrF3N6OS/c1-24-11-19-9(17)22-10(20-11)18-8(21-22)6-3-2-5(13)4-7(6)23-12(14,15)16/h2-4H,1H3,(H2,17,18,19,20,21). The van der Waals surface area contributed by atoms with Crippen molar-refractivity contribution in [3.63, 3.8) is 0 Å². The van der Waals surface area contributed by atoms with Crippen molar-refractivity contribution in [1.82, 2.24) is 24.6 Å². The van der Waals surface area contributed by atoms with E-state index in [2.05, 4.69) is 40.7 Å². The number of nitrogen functional groups attached to an aromatic ring is 1. The molecule has 7 nitrogen and oxygen atoms in total. The molecule has 0 unspecified atom stereocenters. The number of anilines is 1. The van der Waals surface area contributed by atoms with Crippen molar-refractivity contribution in [2.24, 2.45) is 0 Å². The van der Waals surface area contributed by atoms with Crippen LogP contribution >= 0.6 is 27.7 Å². The molecule has 0 saturated heterocycles. The fourth-order valence-corrected chi connectivity index (χ4v) is 2.58. The van der Waals surface area contributed by atoms with Gasteiger partial charge in [0.1, 0.15) is 5.75 Å². The zero-order chi connectivity index (χ0) is 17.5. The summed E-state index contributed by atoms with van der Waals surface area (Å²) in [6, 6.07) is 4.13. The third-order valence-electron chi connectivity index (χ3n) is 2.81. The Morgan fingerprint density at radius 2 is 2.00 bits per heavy atom. The summed E-state index contributed by atoms with van der Waals surface area (Å²) >= 11 is 4.36. The van der Waals surface area contributed by atoms with E-state index in [1.165, 1.54) is 23.9 Å². The average molecular weight is 421 g/mol. The highest BCUT2D eigenvalue weighted by Crippen LogP contribution is 2.34. The largest absolute Gasteiger partial charge is 0.573 e. The Morgan fingerprint density at radius 1 is 1.25 bits per heavy atom. The van der Waals surface area contributed by atoms with Crippen LogP contribution in [-0.2, 0) is 0 Å². The lowest BCUT2D eigenvalue weighted by Crippen LogP contribution is -2.17. The number of nitrogens with zero attached hydrogens (tertiary/aromatic N) is 5. The topological polar surface area (TPSA) is 91.2 Å². The second kappa shape index (κ2) is 6.09. The molecule has 0 aliphatic carbocycles. The fraction of sp³-hybridized carbons (Fsp3) is 0.167. The molecule has 12 heteroatoms. The van der Waals surface area contributed by atoms with E-state index in [0.29, 0.717) is 9.63 Å². The molecule has 0 fully saturated rings. The molecule has 0 amide bonds. The van der Waals surface area contributed by atoms with Crippen molar-refractivity contribution in [2.75, 3.05) is 12.0 Å². The molecule has 126 valence electrons. The molecule has 2 N–H and O–H groups in total. The van der Waals surface area contributed by atoms with Gasteiger partial charge in [-0.3, -0.25) is 0 Å². The van der Waals surface area contributed by atoms with E-state index >= 15 is 0 Å². The lowest BCUT2D eigenvalue weighted by Gasteiger charge is -2.11. The van der Waals surface area contributed by atoms with Crippen LogP contribution < -0.4 is 10.5 Å². The van der Waals surface area contributed by atoms with Gasteiger partial charge in [-0.2, -0.15) is 19.5 Å².